The second kappa shape index (κ2) is 10.5. The van der Waals surface area contributed by atoms with E-state index in [2.05, 4.69) is 102 Å². The van der Waals surface area contributed by atoms with E-state index in [9.17, 15) is 0 Å². The van der Waals surface area contributed by atoms with Crippen LogP contribution in [-0.2, 0) is 4.74 Å². The quantitative estimate of drug-likeness (QED) is 0.310. The summed E-state index contributed by atoms with van der Waals surface area (Å²) in [6.45, 7) is 12.1. The second-order valence-electron chi connectivity index (χ2n) is 10.5. The highest BCUT2D eigenvalue weighted by Crippen LogP contribution is 2.44. The number of thiocarbonyl (C=S) groups is 1. The number of nitrogens with zero attached hydrogens (tertiary/aromatic N) is 4. The summed E-state index contributed by atoms with van der Waals surface area (Å²) in [7, 11) is 0. The molecule has 2 fully saturated rings. The lowest BCUT2D eigenvalue weighted by Gasteiger charge is -2.29. The van der Waals surface area contributed by atoms with Gasteiger partial charge < -0.3 is 24.4 Å². The first-order valence-electron chi connectivity index (χ1n) is 13.6. The number of hydrogen-bond acceptors (Lipinski definition) is 4. The van der Waals surface area contributed by atoms with Gasteiger partial charge in [0, 0.05) is 47.7 Å². The first-order valence-corrected chi connectivity index (χ1v) is 14.0. The van der Waals surface area contributed by atoms with Crippen molar-refractivity contribution in [1.82, 2.24) is 14.9 Å². The van der Waals surface area contributed by atoms with Crippen LogP contribution in [0.5, 0.6) is 0 Å². The summed E-state index contributed by atoms with van der Waals surface area (Å²) >= 11 is 5.97. The Bertz CT molecular complexity index is 1490. The molecule has 2 aromatic carbocycles. The summed E-state index contributed by atoms with van der Waals surface area (Å²) in [5, 5.41) is 4.33. The van der Waals surface area contributed by atoms with Crippen molar-refractivity contribution in [2.45, 2.75) is 39.8 Å². The molecule has 0 bridgehead atoms. The molecule has 0 spiro atoms. The second-order valence-corrected chi connectivity index (χ2v) is 10.9. The van der Waals surface area contributed by atoms with Crippen LogP contribution >= 0.6 is 12.2 Å². The van der Waals surface area contributed by atoms with Crippen LogP contribution in [0, 0.1) is 27.7 Å². The number of pyridine rings is 1. The minimum atomic E-state index is -0.0713. The van der Waals surface area contributed by atoms with E-state index in [0.717, 1.165) is 48.5 Å². The highest BCUT2D eigenvalue weighted by Gasteiger charge is 2.42. The number of aryl methyl sites for hydroxylation is 3. The smallest absolute Gasteiger partial charge is 0.174 e. The topological polar surface area (TPSA) is 45.6 Å². The Balaban J connectivity index is 1.42. The minimum Gasteiger partial charge on any atom is -0.378 e. The number of anilines is 2. The third-order valence-corrected chi connectivity index (χ3v) is 8.45. The monoisotopic (exact) mass is 537 g/mol. The van der Waals surface area contributed by atoms with Crippen LogP contribution in [0.1, 0.15) is 45.9 Å². The van der Waals surface area contributed by atoms with E-state index in [1.807, 2.05) is 18.3 Å². The molecule has 4 heterocycles. The van der Waals surface area contributed by atoms with Gasteiger partial charge in [-0.15, -0.1) is 0 Å². The first-order chi connectivity index (χ1) is 18.9. The standard InChI is InChI=1S/C32H35N5OS/c1-21-8-9-27(19-22(21)2)37-31(30(34-32(37)39)29-7-5-6-14-33-29)28-20-23(3)36(24(28)4)26-12-10-25(11-13-26)35-15-17-38-18-16-35/h5-14,19-20,30-31H,15-18H2,1-4H3,(H,34,39)/t30-,31+/m1/s1. The zero-order valence-electron chi connectivity index (χ0n) is 23.0. The van der Waals surface area contributed by atoms with Crippen LogP contribution in [0.2, 0.25) is 0 Å². The Morgan fingerprint density at radius 1 is 0.846 bits per heavy atom. The van der Waals surface area contributed by atoms with Crippen LogP contribution in [0.25, 0.3) is 5.69 Å². The fourth-order valence-corrected chi connectivity index (χ4v) is 6.29. The van der Waals surface area contributed by atoms with Gasteiger partial charge in [0.2, 0.25) is 0 Å². The van der Waals surface area contributed by atoms with Crippen LogP contribution in [0.15, 0.2) is 72.9 Å². The molecule has 1 N–H and O–H groups in total. The Hall–Kier alpha value is -3.68. The van der Waals surface area contributed by atoms with Crippen molar-refractivity contribution in [3.8, 4) is 5.69 Å². The number of nitrogens with one attached hydrogen (secondary N) is 1. The van der Waals surface area contributed by atoms with Gasteiger partial charge in [-0.2, -0.15) is 0 Å². The number of ether oxygens (including phenoxy) is 1. The highest BCUT2D eigenvalue weighted by molar-refractivity contribution is 7.80. The zero-order valence-corrected chi connectivity index (χ0v) is 23.8. The van der Waals surface area contributed by atoms with Crippen LogP contribution in [0.4, 0.5) is 11.4 Å². The van der Waals surface area contributed by atoms with E-state index >= 15 is 0 Å². The molecular formula is C32H35N5OS. The fourth-order valence-electron chi connectivity index (χ4n) is 5.94. The molecule has 0 radical (unpaired) electrons. The van der Waals surface area contributed by atoms with Gasteiger partial charge in [0.25, 0.3) is 0 Å². The average molecular weight is 538 g/mol. The van der Waals surface area contributed by atoms with Gasteiger partial charge in [0.1, 0.15) is 0 Å². The van der Waals surface area contributed by atoms with E-state index in [4.69, 9.17) is 21.9 Å². The molecular weight excluding hydrogens is 502 g/mol. The van der Waals surface area contributed by atoms with Gasteiger partial charge in [0.05, 0.1) is 31.0 Å². The number of rotatable bonds is 5. The lowest BCUT2D eigenvalue weighted by molar-refractivity contribution is 0.122. The molecule has 6 rings (SSSR count). The van der Waals surface area contributed by atoms with E-state index in [1.54, 1.807) is 0 Å². The molecule has 2 aliphatic rings. The molecule has 2 saturated heterocycles. The molecule has 2 aromatic heterocycles. The normalized spacial score (nSPS) is 19.4. The molecule has 0 amide bonds. The molecule has 7 heteroatoms. The van der Waals surface area contributed by atoms with Gasteiger partial charge in [-0.3, -0.25) is 4.98 Å². The lowest BCUT2D eigenvalue weighted by atomic mass is 9.96. The maximum Gasteiger partial charge on any atom is 0.174 e. The summed E-state index contributed by atoms with van der Waals surface area (Å²) in [5.41, 5.74) is 10.6. The number of morpholine rings is 1. The third-order valence-electron chi connectivity index (χ3n) is 8.14. The van der Waals surface area contributed by atoms with Crippen molar-refractivity contribution < 1.29 is 4.74 Å². The predicted octanol–water partition coefficient (Wildman–Crippen LogP) is 6.12. The molecule has 2 aliphatic heterocycles. The van der Waals surface area contributed by atoms with Crippen molar-refractivity contribution >= 4 is 28.7 Å². The maximum atomic E-state index is 5.97. The molecule has 4 aromatic rings. The summed E-state index contributed by atoms with van der Waals surface area (Å²) in [5.74, 6) is 0. The minimum absolute atomic E-state index is 0.0397. The van der Waals surface area contributed by atoms with Gasteiger partial charge in [-0.1, -0.05) is 12.1 Å². The Kier molecular flexibility index (Phi) is 6.87. The highest BCUT2D eigenvalue weighted by atomic mass is 32.1. The van der Waals surface area contributed by atoms with Crippen LogP contribution in [0.3, 0.4) is 0 Å². The van der Waals surface area contributed by atoms with Gasteiger partial charge in [0.15, 0.2) is 5.11 Å². The Morgan fingerprint density at radius 2 is 1.56 bits per heavy atom. The van der Waals surface area contributed by atoms with Gasteiger partial charge >= 0.3 is 0 Å². The van der Waals surface area contributed by atoms with Gasteiger partial charge in [-0.25, -0.2) is 0 Å². The largest absolute Gasteiger partial charge is 0.378 e. The van der Waals surface area contributed by atoms with Crippen molar-refractivity contribution in [3.63, 3.8) is 0 Å². The van der Waals surface area contributed by atoms with E-state index < -0.39 is 0 Å². The molecule has 0 aliphatic carbocycles. The zero-order chi connectivity index (χ0) is 27.1. The molecule has 2 atom stereocenters. The third kappa shape index (κ3) is 4.70. The predicted molar refractivity (Wildman–Crippen MR) is 162 cm³/mol. The summed E-state index contributed by atoms with van der Waals surface area (Å²) in [4.78, 5) is 9.39. The number of hydrogen-bond donors (Lipinski definition) is 1. The molecule has 0 unspecified atom stereocenters. The van der Waals surface area contributed by atoms with E-state index in [0.29, 0.717) is 0 Å². The van der Waals surface area contributed by atoms with Crippen LogP contribution in [-0.4, -0.2) is 41.0 Å². The van der Waals surface area contributed by atoms with Gasteiger partial charge in [-0.05, 0) is 111 Å². The van der Waals surface area contributed by atoms with Crippen LogP contribution < -0.4 is 15.1 Å². The molecule has 0 saturated carbocycles. The van der Waals surface area contributed by atoms with E-state index in [-0.39, 0.29) is 12.1 Å². The summed E-state index contributed by atoms with van der Waals surface area (Å²) in [6.07, 6.45) is 1.86. The molecule has 6 nitrogen and oxygen atoms in total. The maximum absolute atomic E-state index is 5.97. The SMILES string of the molecule is Cc1ccc(N2C(=S)N[C@H](c3ccccn3)[C@@H]2c2cc(C)n(-c3ccc(N4CCOCC4)cc3)c2C)cc1C. The van der Waals surface area contributed by atoms with E-state index in [1.165, 1.54) is 33.8 Å². The molecule has 200 valence electrons. The Morgan fingerprint density at radius 3 is 2.26 bits per heavy atom. The first kappa shape index (κ1) is 25.6. The van der Waals surface area contributed by atoms with Crippen molar-refractivity contribution in [2.75, 3.05) is 36.1 Å². The lowest BCUT2D eigenvalue weighted by Crippen LogP contribution is -2.36. The average Bonchev–Trinajstić information content (AvgIpc) is 3.46. The van der Waals surface area contributed by atoms with Crippen molar-refractivity contribution in [2.24, 2.45) is 0 Å². The summed E-state index contributed by atoms with van der Waals surface area (Å²) < 4.78 is 7.88. The van der Waals surface area contributed by atoms with Crippen molar-refractivity contribution in [1.29, 1.82) is 0 Å². The molecule has 39 heavy (non-hydrogen) atoms. The number of aromatic nitrogens is 2. The van der Waals surface area contributed by atoms with Crippen molar-refractivity contribution in [3.05, 3.63) is 107 Å². The fraction of sp³-hybridized carbons (Fsp3) is 0.312. The summed E-state index contributed by atoms with van der Waals surface area (Å²) in [6, 6.07) is 23.8. The number of benzene rings is 2. The Labute approximate surface area is 236 Å².